The molecule has 2 saturated heterocycles. The van der Waals surface area contributed by atoms with Gasteiger partial charge in [-0.3, -0.25) is 0 Å². The van der Waals surface area contributed by atoms with Crippen molar-refractivity contribution in [1.82, 2.24) is 4.98 Å². The number of pyridine rings is 1. The Hall–Kier alpha value is -1.20. The van der Waals surface area contributed by atoms with E-state index in [9.17, 15) is 9.50 Å². The Morgan fingerprint density at radius 1 is 1.43 bits per heavy atom. The van der Waals surface area contributed by atoms with Crippen molar-refractivity contribution in [3.05, 3.63) is 24.1 Å². The standard InChI is InChI=1S/C16H23FN2O2/c1-12-11-19(15-14(17)3-2-7-18-15)8-6-16(12,20)13-4-9-21-10-5-13/h2-3,7,12-13,20H,4-6,8-11H2,1H3. The number of nitrogens with zero attached hydrogens (tertiary/aromatic N) is 2. The molecule has 0 saturated carbocycles. The molecule has 0 amide bonds. The minimum absolute atomic E-state index is 0.0933. The number of ether oxygens (including phenoxy) is 1. The number of halogens is 1. The number of aliphatic hydroxyl groups is 1. The molecule has 2 fully saturated rings. The molecule has 2 aliphatic heterocycles. The average Bonchev–Trinajstić information content (AvgIpc) is 2.52. The maximum Gasteiger partial charge on any atom is 0.165 e. The van der Waals surface area contributed by atoms with Gasteiger partial charge in [0, 0.05) is 38.4 Å². The van der Waals surface area contributed by atoms with Crippen LogP contribution in [0.2, 0.25) is 0 Å². The number of hydrogen-bond donors (Lipinski definition) is 1. The molecule has 116 valence electrons. The summed E-state index contributed by atoms with van der Waals surface area (Å²) in [4.78, 5) is 6.10. The van der Waals surface area contributed by atoms with Crippen molar-refractivity contribution in [3.63, 3.8) is 0 Å². The van der Waals surface area contributed by atoms with E-state index in [1.165, 1.54) is 6.07 Å². The van der Waals surface area contributed by atoms with Gasteiger partial charge in [-0.25, -0.2) is 9.37 Å². The Balaban J connectivity index is 1.73. The lowest BCUT2D eigenvalue weighted by molar-refractivity contribution is -0.108. The highest BCUT2D eigenvalue weighted by atomic mass is 19.1. The molecule has 1 aromatic rings. The third kappa shape index (κ3) is 2.77. The molecular weight excluding hydrogens is 271 g/mol. The first kappa shape index (κ1) is 14.7. The zero-order valence-electron chi connectivity index (χ0n) is 12.5. The average molecular weight is 294 g/mol. The van der Waals surface area contributed by atoms with Gasteiger partial charge in [0.2, 0.25) is 0 Å². The fraction of sp³-hybridized carbons (Fsp3) is 0.688. The highest BCUT2D eigenvalue weighted by molar-refractivity contribution is 5.40. The third-order valence-corrected chi connectivity index (χ3v) is 5.10. The van der Waals surface area contributed by atoms with Gasteiger partial charge in [0.15, 0.2) is 11.6 Å². The van der Waals surface area contributed by atoms with Crippen LogP contribution in [0.25, 0.3) is 0 Å². The van der Waals surface area contributed by atoms with Gasteiger partial charge in [-0.1, -0.05) is 6.92 Å². The molecule has 3 rings (SSSR count). The van der Waals surface area contributed by atoms with Crippen LogP contribution in [0, 0.1) is 17.7 Å². The van der Waals surface area contributed by atoms with E-state index in [2.05, 4.69) is 11.9 Å². The van der Waals surface area contributed by atoms with E-state index in [0.717, 1.165) is 26.1 Å². The zero-order chi connectivity index (χ0) is 14.9. The zero-order valence-corrected chi connectivity index (χ0v) is 12.5. The predicted molar refractivity (Wildman–Crippen MR) is 78.7 cm³/mol. The molecule has 0 aliphatic carbocycles. The molecule has 2 atom stereocenters. The summed E-state index contributed by atoms with van der Waals surface area (Å²) in [5.74, 6) is 0.493. The minimum atomic E-state index is -0.661. The van der Waals surface area contributed by atoms with Crippen LogP contribution in [0.15, 0.2) is 18.3 Å². The number of anilines is 1. The molecule has 0 spiro atoms. The minimum Gasteiger partial charge on any atom is -0.389 e. The molecule has 0 aromatic carbocycles. The topological polar surface area (TPSA) is 45.6 Å². The van der Waals surface area contributed by atoms with Crippen LogP contribution in [0.4, 0.5) is 10.2 Å². The first-order valence-electron chi connectivity index (χ1n) is 7.77. The second-order valence-electron chi connectivity index (χ2n) is 6.28. The van der Waals surface area contributed by atoms with E-state index in [4.69, 9.17) is 4.74 Å². The summed E-state index contributed by atoms with van der Waals surface area (Å²) in [7, 11) is 0. The summed E-state index contributed by atoms with van der Waals surface area (Å²) >= 11 is 0. The van der Waals surface area contributed by atoms with Gasteiger partial charge in [0.25, 0.3) is 0 Å². The monoisotopic (exact) mass is 294 g/mol. The van der Waals surface area contributed by atoms with Crippen molar-refractivity contribution in [3.8, 4) is 0 Å². The van der Waals surface area contributed by atoms with Crippen LogP contribution in [0.5, 0.6) is 0 Å². The molecule has 5 heteroatoms. The van der Waals surface area contributed by atoms with Gasteiger partial charge in [-0.05, 0) is 37.3 Å². The second kappa shape index (κ2) is 5.89. The van der Waals surface area contributed by atoms with E-state index in [-0.39, 0.29) is 17.7 Å². The summed E-state index contributed by atoms with van der Waals surface area (Å²) in [5.41, 5.74) is -0.661. The van der Waals surface area contributed by atoms with Crippen LogP contribution in [0.3, 0.4) is 0 Å². The van der Waals surface area contributed by atoms with Crippen LogP contribution >= 0.6 is 0 Å². The van der Waals surface area contributed by atoms with Crippen LogP contribution in [-0.2, 0) is 4.74 Å². The maximum absolute atomic E-state index is 13.9. The van der Waals surface area contributed by atoms with Crippen LogP contribution in [0.1, 0.15) is 26.2 Å². The quantitative estimate of drug-likeness (QED) is 0.908. The summed E-state index contributed by atoms with van der Waals surface area (Å²) in [6, 6.07) is 3.04. The molecule has 21 heavy (non-hydrogen) atoms. The lowest BCUT2D eigenvalue weighted by Gasteiger charge is -2.48. The molecular formula is C16H23FN2O2. The van der Waals surface area contributed by atoms with Crippen LogP contribution < -0.4 is 4.90 Å². The van der Waals surface area contributed by atoms with Gasteiger partial charge in [-0.15, -0.1) is 0 Å². The Morgan fingerprint density at radius 2 is 2.19 bits per heavy atom. The number of piperidine rings is 1. The fourth-order valence-electron chi connectivity index (χ4n) is 3.75. The first-order chi connectivity index (χ1) is 10.1. The van der Waals surface area contributed by atoms with E-state index in [1.807, 2.05) is 4.90 Å². The Labute approximate surface area is 124 Å². The van der Waals surface area contributed by atoms with Crippen molar-refractivity contribution in [2.24, 2.45) is 11.8 Å². The molecule has 1 N–H and O–H groups in total. The second-order valence-corrected chi connectivity index (χ2v) is 6.28. The lowest BCUT2D eigenvalue weighted by atomic mass is 9.70. The van der Waals surface area contributed by atoms with E-state index < -0.39 is 5.60 Å². The van der Waals surface area contributed by atoms with Gasteiger partial charge < -0.3 is 14.7 Å². The highest BCUT2D eigenvalue weighted by Crippen LogP contribution is 2.40. The van der Waals surface area contributed by atoms with Crippen molar-refractivity contribution in [2.45, 2.75) is 31.8 Å². The van der Waals surface area contributed by atoms with Gasteiger partial charge >= 0.3 is 0 Å². The molecule has 0 bridgehead atoms. The Bertz CT molecular complexity index is 493. The largest absolute Gasteiger partial charge is 0.389 e. The van der Waals surface area contributed by atoms with E-state index in [0.29, 0.717) is 25.3 Å². The van der Waals surface area contributed by atoms with Crippen molar-refractivity contribution in [1.29, 1.82) is 0 Å². The smallest absolute Gasteiger partial charge is 0.165 e. The fourth-order valence-corrected chi connectivity index (χ4v) is 3.75. The number of aromatic nitrogens is 1. The molecule has 2 aliphatic rings. The summed E-state index contributed by atoms with van der Waals surface area (Å²) in [6.45, 7) is 4.81. The normalized spacial score (nSPS) is 31.4. The van der Waals surface area contributed by atoms with Crippen molar-refractivity contribution < 1.29 is 14.2 Å². The van der Waals surface area contributed by atoms with Gasteiger partial charge in [0.05, 0.1) is 5.60 Å². The summed E-state index contributed by atoms with van der Waals surface area (Å²) in [5, 5.41) is 11.1. The number of hydrogen-bond acceptors (Lipinski definition) is 4. The summed E-state index contributed by atoms with van der Waals surface area (Å²) in [6.07, 6.45) is 4.11. The van der Waals surface area contributed by atoms with E-state index >= 15 is 0 Å². The van der Waals surface area contributed by atoms with Crippen molar-refractivity contribution in [2.75, 3.05) is 31.2 Å². The van der Waals surface area contributed by atoms with E-state index in [1.54, 1.807) is 12.3 Å². The van der Waals surface area contributed by atoms with Gasteiger partial charge in [-0.2, -0.15) is 0 Å². The predicted octanol–water partition coefficient (Wildman–Crippen LogP) is 2.22. The summed E-state index contributed by atoms with van der Waals surface area (Å²) < 4.78 is 19.3. The molecule has 4 nitrogen and oxygen atoms in total. The molecule has 2 unspecified atom stereocenters. The maximum atomic E-state index is 13.9. The highest BCUT2D eigenvalue weighted by Gasteiger charge is 2.45. The van der Waals surface area contributed by atoms with Crippen LogP contribution in [-0.4, -0.2) is 42.0 Å². The van der Waals surface area contributed by atoms with Gasteiger partial charge in [0.1, 0.15) is 0 Å². The SMILES string of the molecule is CC1CN(c2ncccc2F)CCC1(O)C1CCOCC1. The molecule has 3 heterocycles. The molecule has 1 aromatic heterocycles. The molecule has 0 radical (unpaired) electrons. The first-order valence-corrected chi connectivity index (χ1v) is 7.77. The Kier molecular flexibility index (Phi) is 4.13. The number of rotatable bonds is 2. The van der Waals surface area contributed by atoms with Crippen molar-refractivity contribution >= 4 is 5.82 Å². The Morgan fingerprint density at radius 3 is 2.86 bits per heavy atom. The lowest BCUT2D eigenvalue weighted by Crippen LogP contribution is -2.56. The third-order valence-electron chi connectivity index (χ3n) is 5.10.